The van der Waals surface area contributed by atoms with E-state index < -0.39 is 0 Å². The molecule has 1 rings (SSSR count). The van der Waals surface area contributed by atoms with Gasteiger partial charge in [0.05, 0.1) is 5.56 Å². The first-order chi connectivity index (χ1) is 4.86. The minimum Gasteiger partial charge on any atom is -0.192 e. The topological polar surface area (TPSA) is 23.8 Å². The number of hydrogen-bond acceptors (Lipinski definition) is 2. The maximum Gasteiger partial charge on any atom is 0.100 e. The van der Waals surface area contributed by atoms with Crippen molar-refractivity contribution in [1.82, 2.24) is 0 Å². The molecule has 0 saturated carbocycles. The number of nitrogens with zero attached hydrogens (tertiary/aromatic N) is 1. The Kier molecular flexibility index (Phi) is 2.67. The maximum absolute atomic E-state index is 8.44. The number of thiophene rings is 1. The van der Waals surface area contributed by atoms with Gasteiger partial charge in [0.2, 0.25) is 0 Å². The van der Waals surface area contributed by atoms with Gasteiger partial charge in [-0.2, -0.15) is 5.26 Å². The zero-order valence-electron chi connectivity index (χ0n) is 5.04. The second-order valence-electron chi connectivity index (χ2n) is 1.64. The van der Waals surface area contributed by atoms with Crippen LogP contribution in [0, 0.1) is 11.3 Å². The SMILES string of the molecule is N#Cc1csc(/C=C/Br)c1. The molecule has 0 N–H and O–H groups in total. The Hall–Kier alpha value is -0.590. The fourth-order valence-corrected chi connectivity index (χ4v) is 1.75. The van der Waals surface area contributed by atoms with E-state index in [0.29, 0.717) is 0 Å². The molecule has 0 saturated heterocycles. The molecular weight excluding hydrogens is 210 g/mol. The van der Waals surface area contributed by atoms with Crippen molar-refractivity contribution in [3.05, 3.63) is 26.9 Å². The molecule has 0 aromatic carbocycles. The molecule has 50 valence electrons. The van der Waals surface area contributed by atoms with Crippen molar-refractivity contribution in [2.24, 2.45) is 0 Å². The van der Waals surface area contributed by atoms with Crippen LogP contribution in [-0.2, 0) is 0 Å². The summed E-state index contributed by atoms with van der Waals surface area (Å²) in [6.45, 7) is 0. The summed E-state index contributed by atoms with van der Waals surface area (Å²) in [5, 5.41) is 10.3. The van der Waals surface area contributed by atoms with Gasteiger partial charge in [0.1, 0.15) is 6.07 Å². The number of hydrogen-bond donors (Lipinski definition) is 0. The van der Waals surface area contributed by atoms with Crippen LogP contribution >= 0.6 is 27.3 Å². The molecule has 0 fully saturated rings. The van der Waals surface area contributed by atoms with E-state index in [-0.39, 0.29) is 0 Å². The fourth-order valence-electron chi connectivity index (χ4n) is 0.561. The smallest absolute Gasteiger partial charge is 0.100 e. The van der Waals surface area contributed by atoms with E-state index >= 15 is 0 Å². The van der Waals surface area contributed by atoms with E-state index in [2.05, 4.69) is 22.0 Å². The van der Waals surface area contributed by atoms with Crippen LogP contribution in [0.1, 0.15) is 10.4 Å². The van der Waals surface area contributed by atoms with Gasteiger partial charge >= 0.3 is 0 Å². The summed E-state index contributed by atoms with van der Waals surface area (Å²) in [6, 6.07) is 3.92. The molecule has 0 radical (unpaired) electrons. The predicted molar refractivity (Wildman–Crippen MR) is 47.0 cm³/mol. The van der Waals surface area contributed by atoms with Crippen molar-refractivity contribution in [3.63, 3.8) is 0 Å². The molecule has 0 amide bonds. The highest BCUT2D eigenvalue weighted by Crippen LogP contribution is 2.15. The summed E-state index contributed by atoms with van der Waals surface area (Å²) in [7, 11) is 0. The summed E-state index contributed by atoms with van der Waals surface area (Å²) < 4.78 is 0. The Morgan fingerprint density at radius 3 is 3.00 bits per heavy atom. The maximum atomic E-state index is 8.44. The molecule has 0 aliphatic heterocycles. The Balaban J connectivity index is 2.91. The fraction of sp³-hybridized carbons (Fsp3) is 0. The Labute approximate surface area is 71.7 Å². The van der Waals surface area contributed by atoms with Crippen molar-refractivity contribution >= 4 is 33.3 Å². The first-order valence-electron chi connectivity index (χ1n) is 2.62. The number of halogens is 1. The molecule has 0 atom stereocenters. The lowest BCUT2D eigenvalue weighted by molar-refractivity contribution is 1.51. The first kappa shape index (κ1) is 7.52. The first-order valence-corrected chi connectivity index (χ1v) is 4.42. The predicted octanol–water partition coefficient (Wildman–Crippen LogP) is 2.99. The van der Waals surface area contributed by atoms with Gasteiger partial charge in [-0.05, 0) is 17.1 Å². The van der Waals surface area contributed by atoms with Crippen LogP contribution in [0.3, 0.4) is 0 Å². The van der Waals surface area contributed by atoms with E-state index in [9.17, 15) is 0 Å². The van der Waals surface area contributed by atoms with E-state index in [1.54, 1.807) is 16.3 Å². The molecule has 10 heavy (non-hydrogen) atoms. The van der Waals surface area contributed by atoms with Crippen LogP contribution in [-0.4, -0.2) is 0 Å². The lowest BCUT2D eigenvalue weighted by atomic mass is 10.3. The van der Waals surface area contributed by atoms with Crippen LogP contribution in [0.15, 0.2) is 16.4 Å². The molecule has 3 heteroatoms. The zero-order valence-corrected chi connectivity index (χ0v) is 7.45. The minimum absolute atomic E-state index is 0.727. The van der Waals surface area contributed by atoms with Crippen LogP contribution in [0.2, 0.25) is 0 Å². The van der Waals surface area contributed by atoms with Crippen molar-refractivity contribution < 1.29 is 0 Å². The van der Waals surface area contributed by atoms with E-state index in [1.807, 2.05) is 17.5 Å². The van der Waals surface area contributed by atoms with Crippen molar-refractivity contribution in [1.29, 1.82) is 5.26 Å². The van der Waals surface area contributed by atoms with Crippen LogP contribution in [0.4, 0.5) is 0 Å². The second-order valence-corrected chi connectivity index (χ2v) is 3.11. The van der Waals surface area contributed by atoms with Gasteiger partial charge in [-0.25, -0.2) is 0 Å². The molecule has 1 heterocycles. The van der Waals surface area contributed by atoms with Crippen LogP contribution in [0.5, 0.6) is 0 Å². The monoisotopic (exact) mass is 213 g/mol. The largest absolute Gasteiger partial charge is 0.192 e. The van der Waals surface area contributed by atoms with Gasteiger partial charge in [-0.1, -0.05) is 15.9 Å². The highest BCUT2D eigenvalue weighted by atomic mass is 79.9. The highest BCUT2D eigenvalue weighted by molar-refractivity contribution is 9.11. The van der Waals surface area contributed by atoms with Gasteiger partial charge in [-0.15, -0.1) is 11.3 Å². The van der Waals surface area contributed by atoms with Crippen LogP contribution < -0.4 is 0 Å². The Bertz CT molecular complexity index is 282. The molecule has 0 aliphatic carbocycles. The van der Waals surface area contributed by atoms with E-state index in [4.69, 9.17) is 5.26 Å². The Morgan fingerprint density at radius 1 is 1.70 bits per heavy atom. The normalized spacial score (nSPS) is 10.0. The third-order valence-corrected chi connectivity index (χ3v) is 2.14. The van der Waals surface area contributed by atoms with E-state index in [1.165, 1.54) is 0 Å². The lowest BCUT2D eigenvalue weighted by Gasteiger charge is -1.75. The Morgan fingerprint density at radius 2 is 2.50 bits per heavy atom. The summed E-state index contributed by atoms with van der Waals surface area (Å²) in [5.74, 6) is 0. The third kappa shape index (κ3) is 1.69. The summed E-state index contributed by atoms with van der Waals surface area (Å²) in [4.78, 5) is 2.87. The summed E-state index contributed by atoms with van der Waals surface area (Å²) >= 11 is 4.72. The van der Waals surface area contributed by atoms with Gasteiger partial charge in [0.15, 0.2) is 0 Å². The quantitative estimate of drug-likeness (QED) is 0.704. The van der Waals surface area contributed by atoms with Crippen LogP contribution in [0.25, 0.3) is 6.08 Å². The molecule has 1 aromatic rings. The molecular formula is C7H4BrNS. The van der Waals surface area contributed by atoms with Crippen molar-refractivity contribution in [3.8, 4) is 6.07 Å². The van der Waals surface area contributed by atoms with Crippen molar-refractivity contribution in [2.45, 2.75) is 0 Å². The third-order valence-electron chi connectivity index (χ3n) is 0.976. The van der Waals surface area contributed by atoms with Gasteiger partial charge < -0.3 is 0 Å². The zero-order chi connectivity index (χ0) is 7.40. The molecule has 1 nitrogen and oxygen atoms in total. The molecule has 1 aromatic heterocycles. The molecule has 0 spiro atoms. The second kappa shape index (κ2) is 3.55. The summed E-state index contributed by atoms with van der Waals surface area (Å²) in [5.41, 5.74) is 0.727. The molecule has 0 aliphatic rings. The van der Waals surface area contributed by atoms with E-state index in [0.717, 1.165) is 10.4 Å². The standard InChI is InChI=1S/C7H4BrNS/c8-2-1-7-3-6(4-9)5-10-7/h1-3,5H/b2-1+. The average Bonchev–Trinajstić information content (AvgIpc) is 2.37. The summed E-state index contributed by atoms with van der Waals surface area (Å²) in [6.07, 6.45) is 1.91. The van der Waals surface area contributed by atoms with Gasteiger partial charge in [0, 0.05) is 10.3 Å². The molecule has 0 unspecified atom stereocenters. The number of nitriles is 1. The lowest BCUT2D eigenvalue weighted by Crippen LogP contribution is -1.58. The van der Waals surface area contributed by atoms with Gasteiger partial charge in [0.25, 0.3) is 0 Å². The van der Waals surface area contributed by atoms with Gasteiger partial charge in [-0.3, -0.25) is 0 Å². The molecule has 0 bridgehead atoms. The minimum atomic E-state index is 0.727. The van der Waals surface area contributed by atoms with Crippen molar-refractivity contribution in [2.75, 3.05) is 0 Å². The highest BCUT2D eigenvalue weighted by Gasteiger charge is 1.92. The number of rotatable bonds is 1. The average molecular weight is 214 g/mol.